The second-order valence-corrected chi connectivity index (χ2v) is 4.34. The Balaban J connectivity index is 2.11. The van der Waals surface area contributed by atoms with Crippen molar-refractivity contribution in [2.45, 2.75) is 25.9 Å². The Morgan fingerprint density at radius 2 is 2.00 bits per heavy atom. The van der Waals surface area contributed by atoms with Crippen molar-refractivity contribution in [3.63, 3.8) is 0 Å². The van der Waals surface area contributed by atoms with E-state index >= 15 is 0 Å². The quantitative estimate of drug-likeness (QED) is 0.831. The molecular formula is C15H17N3. The van der Waals surface area contributed by atoms with Crippen molar-refractivity contribution in [2.24, 2.45) is 0 Å². The molecule has 0 amide bonds. The van der Waals surface area contributed by atoms with Gasteiger partial charge in [-0.25, -0.2) is 4.98 Å². The number of benzene rings is 1. The molecular weight excluding hydrogens is 222 g/mol. The molecule has 0 radical (unpaired) electrons. The van der Waals surface area contributed by atoms with Crippen LogP contribution in [0.2, 0.25) is 0 Å². The van der Waals surface area contributed by atoms with Gasteiger partial charge >= 0.3 is 0 Å². The van der Waals surface area contributed by atoms with Crippen LogP contribution in [0, 0.1) is 12.3 Å². The van der Waals surface area contributed by atoms with Crippen molar-refractivity contribution in [1.29, 1.82) is 0 Å². The van der Waals surface area contributed by atoms with Crippen LogP contribution < -0.4 is 5.32 Å². The number of aromatic nitrogens is 2. The molecule has 1 heterocycles. The molecule has 0 aliphatic carbocycles. The summed E-state index contributed by atoms with van der Waals surface area (Å²) in [6.45, 7) is 4.09. The predicted octanol–water partition coefficient (Wildman–Crippen LogP) is 2.54. The first kappa shape index (κ1) is 12.4. The van der Waals surface area contributed by atoms with Crippen molar-refractivity contribution in [2.75, 3.05) is 0 Å². The van der Waals surface area contributed by atoms with Gasteiger partial charge in [0, 0.05) is 24.1 Å². The zero-order chi connectivity index (χ0) is 13.0. The molecule has 0 spiro atoms. The summed E-state index contributed by atoms with van der Waals surface area (Å²) in [5.41, 5.74) is 2.33. The van der Waals surface area contributed by atoms with Crippen LogP contribution in [0.15, 0.2) is 43.0 Å². The monoisotopic (exact) mass is 239 g/mol. The summed E-state index contributed by atoms with van der Waals surface area (Å²) in [6.07, 6.45) is 10.9. The average Bonchev–Trinajstić information content (AvgIpc) is 2.92. The Hall–Kier alpha value is -2.05. The lowest BCUT2D eigenvalue weighted by Crippen LogP contribution is -2.27. The molecule has 92 valence electrons. The molecule has 0 aliphatic heterocycles. The van der Waals surface area contributed by atoms with Gasteiger partial charge in [0.1, 0.15) is 0 Å². The van der Waals surface area contributed by atoms with E-state index in [1.165, 1.54) is 5.56 Å². The summed E-state index contributed by atoms with van der Waals surface area (Å²) in [5.74, 6) is 2.68. The largest absolute Gasteiger partial charge is 0.306 e. The molecule has 2 aromatic rings. The molecule has 0 bridgehead atoms. The Morgan fingerprint density at radius 3 is 2.56 bits per heavy atom. The van der Waals surface area contributed by atoms with Crippen LogP contribution in [0.1, 0.15) is 25.5 Å². The first-order valence-corrected chi connectivity index (χ1v) is 6.01. The van der Waals surface area contributed by atoms with E-state index in [1.807, 2.05) is 17.7 Å². The predicted molar refractivity (Wildman–Crippen MR) is 73.4 cm³/mol. The Bertz CT molecular complexity index is 520. The first-order chi connectivity index (χ1) is 8.70. The lowest BCUT2D eigenvalue weighted by atomic mass is 10.1. The van der Waals surface area contributed by atoms with E-state index in [-0.39, 0.29) is 12.1 Å². The van der Waals surface area contributed by atoms with E-state index in [0.29, 0.717) is 0 Å². The van der Waals surface area contributed by atoms with Crippen LogP contribution in [0.5, 0.6) is 0 Å². The molecule has 1 aromatic carbocycles. The molecule has 0 aliphatic rings. The molecule has 3 heteroatoms. The lowest BCUT2D eigenvalue weighted by Gasteiger charge is -2.17. The van der Waals surface area contributed by atoms with E-state index in [2.05, 4.69) is 47.4 Å². The maximum absolute atomic E-state index is 5.36. The minimum absolute atomic E-state index is 0.0772. The highest BCUT2D eigenvalue weighted by molar-refractivity contribution is 5.35. The number of terminal acetylenes is 1. The molecule has 0 saturated carbocycles. The van der Waals surface area contributed by atoms with Gasteiger partial charge in [-0.1, -0.05) is 18.1 Å². The van der Waals surface area contributed by atoms with Crippen LogP contribution >= 0.6 is 0 Å². The van der Waals surface area contributed by atoms with E-state index in [4.69, 9.17) is 6.42 Å². The normalized spacial score (nSPS) is 13.8. The van der Waals surface area contributed by atoms with E-state index < -0.39 is 0 Å². The van der Waals surface area contributed by atoms with Crippen molar-refractivity contribution in [3.8, 4) is 18.0 Å². The summed E-state index contributed by atoms with van der Waals surface area (Å²) >= 11 is 0. The van der Waals surface area contributed by atoms with Gasteiger partial charge in [0.15, 0.2) is 0 Å². The second-order valence-electron chi connectivity index (χ2n) is 4.34. The first-order valence-electron chi connectivity index (χ1n) is 6.01. The van der Waals surface area contributed by atoms with Gasteiger partial charge in [-0.05, 0) is 31.5 Å². The van der Waals surface area contributed by atoms with Crippen molar-refractivity contribution in [3.05, 3.63) is 48.5 Å². The molecule has 3 nitrogen and oxygen atoms in total. The number of hydrogen-bond acceptors (Lipinski definition) is 2. The third kappa shape index (κ3) is 2.79. The SMILES string of the molecule is C#CC(C)NC(C)c1ccc(-n2ccnc2)cc1. The Labute approximate surface area is 108 Å². The van der Waals surface area contributed by atoms with Crippen molar-refractivity contribution < 1.29 is 0 Å². The molecule has 0 fully saturated rings. The summed E-state index contributed by atoms with van der Waals surface area (Å²) in [7, 11) is 0. The smallest absolute Gasteiger partial charge is 0.0991 e. The van der Waals surface area contributed by atoms with Gasteiger partial charge in [0.25, 0.3) is 0 Å². The molecule has 1 aromatic heterocycles. The number of rotatable bonds is 4. The average molecular weight is 239 g/mol. The Kier molecular flexibility index (Phi) is 3.81. The second kappa shape index (κ2) is 5.52. The molecule has 2 atom stereocenters. The topological polar surface area (TPSA) is 29.9 Å². The highest BCUT2D eigenvalue weighted by atomic mass is 15.0. The van der Waals surface area contributed by atoms with Crippen molar-refractivity contribution in [1.82, 2.24) is 14.9 Å². The number of nitrogens with zero attached hydrogens (tertiary/aromatic N) is 2. The molecule has 18 heavy (non-hydrogen) atoms. The minimum Gasteiger partial charge on any atom is -0.306 e. The molecule has 1 N–H and O–H groups in total. The van der Waals surface area contributed by atoms with Crippen LogP contribution in [0.4, 0.5) is 0 Å². The lowest BCUT2D eigenvalue weighted by molar-refractivity contribution is 0.546. The maximum atomic E-state index is 5.36. The minimum atomic E-state index is 0.0772. The van der Waals surface area contributed by atoms with Crippen molar-refractivity contribution >= 4 is 0 Å². The highest BCUT2D eigenvalue weighted by Gasteiger charge is 2.07. The number of imidazole rings is 1. The molecule has 2 unspecified atom stereocenters. The summed E-state index contributed by atoms with van der Waals surface area (Å²) < 4.78 is 1.98. The third-order valence-electron chi connectivity index (χ3n) is 2.95. The van der Waals surface area contributed by atoms with Gasteiger partial charge in [-0.15, -0.1) is 6.42 Å². The summed E-state index contributed by atoms with van der Waals surface area (Å²) in [4.78, 5) is 4.04. The maximum Gasteiger partial charge on any atom is 0.0991 e. The summed E-state index contributed by atoms with van der Waals surface area (Å²) in [6, 6.07) is 8.69. The number of nitrogens with one attached hydrogen (secondary N) is 1. The van der Waals surface area contributed by atoms with E-state index in [9.17, 15) is 0 Å². The fourth-order valence-electron chi connectivity index (χ4n) is 1.87. The Morgan fingerprint density at radius 1 is 1.28 bits per heavy atom. The van der Waals surface area contributed by atoms with Gasteiger partial charge < -0.3 is 4.57 Å². The van der Waals surface area contributed by atoms with Crippen LogP contribution in [0.3, 0.4) is 0 Å². The molecule has 0 saturated heterocycles. The van der Waals surface area contributed by atoms with E-state index in [1.54, 1.807) is 12.5 Å². The third-order valence-corrected chi connectivity index (χ3v) is 2.95. The standard InChI is InChI=1S/C15H17N3/c1-4-12(2)17-13(3)14-5-7-15(8-6-14)18-10-9-16-11-18/h1,5-13,17H,2-3H3. The zero-order valence-corrected chi connectivity index (χ0v) is 10.7. The van der Waals surface area contributed by atoms with E-state index in [0.717, 1.165) is 5.69 Å². The fraction of sp³-hybridized carbons (Fsp3) is 0.267. The molecule has 2 rings (SSSR count). The van der Waals surface area contributed by atoms with Gasteiger partial charge in [0.05, 0.1) is 12.4 Å². The van der Waals surface area contributed by atoms with Crippen LogP contribution in [-0.2, 0) is 0 Å². The number of hydrogen-bond donors (Lipinski definition) is 1. The zero-order valence-electron chi connectivity index (χ0n) is 10.7. The fourth-order valence-corrected chi connectivity index (χ4v) is 1.87. The van der Waals surface area contributed by atoms with Crippen LogP contribution in [-0.4, -0.2) is 15.6 Å². The highest BCUT2D eigenvalue weighted by Crippen LogP contribution is 2.16. The van der Waals surface area contributed by atoms with Gasteiger partial charge in [-0.3, -0.25) is 5.32 Å². The summed E-state index contributed by atoms with van der Waals surface area (Å²) in [5, 5.41) is 3.34. The van der Waals surface area contributed by atoms with Crippen LogP contribution in [0.25, 0.3) is 5.69 Å². The van der Waals surface area contributed by atoms with Gasteiger partial charge in [-0.2, -0.15) is 0 Å². The van der Waals surface area contributed by atoms with Gasteiger partial charge in [0.2, 0.25) is 0 Å².